The van der Waals surface area contributed by atoms with Crippen molar-refractivity contribution >= 4 is 11.8 Å². The van der Waals surface area contributed by atoms with Crippen molar-refractivity contribution in [3.8, 4) is 6.07 Å². The fourth-order valence-electron chi connectivity index (χ4n) is 5.79. The SMILES string of the molecule is CN(Cc1ccccc1)CC1C[C@]1(C#N)NC(=O)[C@@H](CC(=O)N1CCOCC1)CC1CCCCC1. The molecule has 1 aliphatic heterocycles. The number of nitriles is 1. The standard InChI is InChI=1S/C28H40N4O3/c1-31(19-23-10-6-3-7-11-23)20-25-18-28(25,21-29)30-27(34)24(16-22-8-4-2-5-9-22)17-26(33)32-12-14-35-15-13-32/h3,6-7,10-11,22,24-25H,2,4-5,8-9,12-20H2,1H3,(H,30,34)/t24-,25?,28-/m1/s1. The minimum Gasteiger partial charge on any atom is -0.378 e. The predicted octanol–water partition coefficient (Wildman–Crippen LogP) is 3.35. The fraction of sp³-hybridized carbons (Fsp3) is 0.679. The Hall–Kier alpha value is -2.43. The Morgan fingerprint density at radius 1 is 1.20 bits per heavy atom. The molecule has 3 fully saturated rings. The first-order valence-electron chi connectivity index (χ1n) is 13.3. The third-order valence-electron chi connectivity index (χ3n) is 7.98. The van der Waals surface area contributed by atoms with E-state index in [1.807, 2.05) is 23.1 Å². The van der Waals surface area contributed by atoms with Gasteiger partial charge in [-0.05, 0) is 31.4 Å². The molecule has 1 aromatic carbocycles. The van der Waals surface area contributed by atoms with Crippen LogP contribution in [-0.4, -0.2) is 67.0 Å². The molecular weight excluding hydrogens is 440 g/mol. The van der Waals surface area contributed by atoms with Crippen LogP contribution in [0.4, 0.5) is 0 Å². The molecule has 4 rings (SSSR count). The van der Waals surface area contributed by atoms with Crippen molar-refractivity contribution in [3.63, 3.8) is 0 Å². The zero-order chi connectivity index (χ0) is 24.7. The summed E-state index contributed by atoms with van der Waals surface area (Å²) in [5.41, 5.74) is 0.422. The van der Waals surface area contributed by atoms with Gasteiger partial charge in [-0.3, -0.25) is 9.59 Å². The molecule has 35 heavy (non-hydrogen) atoms. The maximum Gasteiger partial charge on any atom is 0.224 e. The quantitative estimate of drug-likeness (QED) is 0.555. The number of hydrogen-bond acceptors (Lipinski definition) is 5. The van der Waals surface area contributed by atoms with Crippen molar-refractivity contribution in [2.75, 3.05) is 39.9 Å². The van der Waals surface area contributed by atoms with E-state index in [4.69, 9.17) is 4.74 Å². The van der Waals surface area contributed by atoms with Gasteiger partial charge in [-0.2, -0.15) is 5.26 Å². The smallest absolute Gasteiger partial charge is 0.224 e. The molecule has 0 aromatic heterocycles. The molecule has 7 heteroatoms. The van der Waals surface area contributed by atoms with E-state index in [0.717, 1.165) is 32.4 Å². The Bertz CT molecular complexity index is 889. The highest BCUT2D eigenvalue weighted by atomic mass is 16.5. The largest absolute Gasteiger partial charge is 0.378 e. The van der Waals surface area contributed by atoms with Crippen molar-refractivity contribution in [1.82, 2.24) is 15.1 Å². The summed E-state index contributed by atoms with van der Waals surface area (Å²) >= 11 is 0. The van der Waals surface area contributed by atoms with Gasteiger partial charge in [-0.25, -0.2) is 0 Å². The average molecular weight is 481 g/mol. The number of carbonyl (C=O) groups is 2. The Morgan fingerprint density at radius 2 is 1.91 bits per heavy atom. The molecule has 190 valence electrons. The van der Waals surface area contributed by atoms with Gasteiger partial charge < -0.3 is 19.9 Å². The number of rotatable bonds is 10. The minimum atomic E-state index is -0.811. The highest BCUT2D eigenvalue weighted by Crippen LogP contribution is 2.44. The molecule has 1 aromatic rings. The number of carbonyl (C=O) groups excluding carboxylic acids is 2. The van der Waals surface area contributed by atoms with Crippen LogP contribution >= 0.6 is 0 Å². The van der Waals surface area contributed by atoms with E-state index in [1.165, 1.54) is 24.8 Å². The van der Waals surface area contributed by atoms with Gasteiger partial charge in [0.05, 0.1) is 19.3 Å². The maximum atomic E-state index is 13.5. The van der Waals surface area contributed by atoms with Crippen LogP contribution in [0.2, 0.25) is 0 Å². The molecule has 2 saturated carbocycles. The zero-order valence-electron chi connectivity index (χ0n) is 21.1. The van der Waals surface area contributed by atoms with Gasteiger partial charge in [0.15, 0.2) is 0 Å². The van der Waals surface area contributed by atoms with E-state index in [0.29, 0.717) is 38.6 Å². The molecule has 1 N–H and O–H groups in total. The highest BCUT2D eigenvalue weighted by Gasteiger charge is 2.56. The van der Waals surface area contributed by atoms with E-state index in [2.05, 4.69) is 35.5 Å². The molecule has 2 amide bonds. The second kappa shape index (κ2) is 12.0. The molecule has 0 spiro atoms. The molecular formula is C28H40N4O3. The van der Waals surface area contributed by atoms with Gasteiger partial charge in [0, 0.05) is 44.4 Å². The zero-order valence-corrected chi connectivity index (χ0v) is 21.1. The third-order valence-corrected chi connectivity index (χ3v) is 7.98. The van der Waals surface area contributed by atoms with Crippen molar-refractivity contribution in [2.24, 2.45) is 17.8 Å². The molecule has 1 saturated heterocycles. The summed E-state index contributed by atoms with van der Waals surface area (Å²) in [4.78, 5) is 30.5. The van der Waals surface area contributed by atoms with Gasteiger partial charge in [0.25, 0.3) is 0 Å². The molecule has 1 heterocycles. The Morgan fingerprint density at radius 3 is 2.60 bits per heavy atom. The summed E-state index contributed by atoms with van der Waals surface area (Å²) in [6, 6.07) is 12.7. The Labute approximate surface area is 209 Å². The molecule has 1 unspecified atom stereocenters. The van der Waals surface area contributed by atoms with E-state index in [-0.39, 0.29) is 30.1 Å². The number of morpholine rings is 1. The van der Waals surface area contributed by atoms with Crippen LogP contribution in [-0.2, 0) is 20.9 Å². The van der Waals surface area contributed by atoms with Crippen molar-refractivity contribution in [1.29, 1.82) is 5.26 Å². The van der Waals surface area contributed by atoms with E-state index in [9.17, 15) is 14.9 Å². The number of ether oxygens (including phenoxy) is 1. The Kier molecular flexibility index (Phi) is 8.80. The Balaban J connectivity index is 1.36. The molecule has 2 aliphatic carbocycles. The summed E-state index contributed by atoms with van der Waals surface area (Å²) in [5, 5.41) is 13.1. The molecule has 0 bridgehead atoms. The number of benzene rings is 1. The molecule has 3 atom stereocenters. The van der Waals surface area contributed by atoms with Gasteiger partial charge in [0.1, 0.15) is 5.54 Å². The van der Waals surface area contributed by atoms with Crippen molar-refractivity contribution in [2.45, 2.75) is 63.5 Å². The lowest BCUT2D eigenvalue weighted by Crippen LogP contribution is -2.46. The second-order valence-electron chi connectivity index (χ2n) is 10.8. The lowest BCUT2D eigenvalue weighted by atomic mass is 9.81. The van der Waals surface area contributed by atoms with Crippen LogP contribution in [0.25, 0.3) is 0 Å². The van der Waals surface area contributed by atoms with Gasteiger partial charge in [-0.15, -0.1) is 0 Å². The normalized spacial score (nSPS) is 25.6. The maximum absolute atomic E-state index is 13.5. The molecule has 0 radical (unpaired) electrons. The van der Waals surface area contributed by atoms with Crippen LogP contribution in [0.15, 0.2) is 30.3 Å². The number of amides is 2. The summed E-state index contributed by atoms with van der Waals surface area (Å²) in [6.45, 7) is 3.86. The van der Waals surface area contributed by atoms with E-state index >= 15 is 0 Å². The summed E-state index contributed by atoms with van der Waals surface area (Å²) in [5.74, 6) is 0.136. The lowest BCUT2D eigenvalue weighted by molar-refractivity contribution is -0.140. The number of hydrogen-bond donors (Lipinski definition) is 1. The molecule has 3 aliphatic rings. The van der Waals surface area contributed by atoms with Crippen LogP contribution < -0.4 is 5.32 Å². The average Bonchev–Trinajstić information content (AvgIpc) is 3.56. The van der Waals surface area contributed by atoms with Crippen LogP contribution in [0.3, 0.4) is 0 Å². The van der Waals surface area contributed by atoms with Gasteiger partial charge in [0.2, 0.25) is 11.8 Å². The highest BCUT2D eigenvalue weighted by molar-refractivity contribution is 5.87. The monoisotopic (exact) mass is 480 g/mol. The summed E-state index contributed by atoms with van der Waals surface area (Å²) < 4.78 is 5.38. The first kappa shape index (κ1) is 25.7. The van der Waals surface area contributed by atoms with Crippen molar-refractivity contribution < 1.29 is 14.3 Å². The lowest BCUT2D eigenvalue weighted by Gasteiger charge is -2.30. The third kappa shape index (κ3) is 7.05. The minimum absolute atomic E-state index is 0.0326. The topological polar surface area (TPSA) is 85.7 Å². The van der Waals surface area contributed by atoms with E-state index in [1.54, 1.807) is 0 Å². The second-order valence-corrected chi connectivity index (χ2v) is 10.8. The van der Waals surface area contributed by atoms with Gasteiger partial charge >= 0.3 is 0 Å². The van der Waals surface area contributed by atoms with Crippen LogP contribution in [0, 0.1) is 29.1 Å². The first-order chi connectivity index (χ1) is 17.0. The number of nitrogens with one attached hydrogen (secondary N) is 1. The fourth-order valence-corrected chi connectivity index (χ4v) is 5.79. The van der Waals surface area contributed by atoms with Crippen LogP contribution in [0.5, 0.6) is 0 Å². The van der Waals surface area contributed by atoms with Crippen LogP contribution in [0.1, 0.15) is 56.9 Å². The van der Waals surface area contributed by atoms with E-state index < -0.39 is 5.54 Å². The number of nitrogens with zero attached hydrogens (tertiary/aromatic N) is 3. The summed E-state index contributed by atoms with van der Waals surface area (Å²) in [7, 11) is 2.06. The predicted molar refractivity (Wildman–Crippen MR) is 134 cm³/mol. The molecule has 7 nitrogen and oxygen atoms in total. The van der Waals surface area contributed by atoms with Crippen molar-refractivity contribution in [3.05, 3.63) is 35.9 Å². The first-order valence-corrected chi connectivity index (χ1v) is 13.3. The summed E-state index contributed by atoms with van der Waals surface area (Å²) in [6.07, 6.45) is 7.56. The van der Waals surface area contributed by atoms with Gasteiger partial charge in [-0.1, -0.05) is 62.4 Å².